The molecule has 1 aromatic carbocycles. The van der Waals surface area contributed by atoms with Gasteiger partial charge in [-0.2, -0.15) is 0 Å². The highest BCUT2D eigenvalue weighted by molar-refractivity contribution is 6.31. The first kappa shape index (κ1) is 15.1. The number of nitrogens with zero attached hydrogens (tertiary/aromatic N) is 4. The van der Waals surface area contributed by atoms with E-state index >= 15 is 0 Å². The van der Waals surface area contributed by atoms with Gasteiger partial charge in [-0.3, -0.25) is 4.40 Å². The van der Waals surface area contributed by atoms with E-state index in [9.17, 15) is 14.3 Å². The van der Waals surface area contributed by atoms with E-state index in [1.165, 1.54) is 12.1 Å². The molecule has 2 heterocycles. The number of fused-ring (bicyclic) bond motifs is 1. The summed E-state index contributed by atoms with van der Waals surface area (Å²) >= 11 is 5.69. The average molecular weight is 333 g/mol. The molecule has 0 aliphatic rings. The van der Waals surface area contributed by atoms with Crippen LogP contribution in [0, 0.1) is 12.7 Å². The van der Waals surface area contributed by atoms with Crippen molar-refractivity contribution in [2.24, 2.45) is 10.2 Å². The largest absolute Gasteiger partial charge is 0.476 e. The minimum Gasteiger partial charge on any atom is -0.476 e. The van der Waals surface area contributed by atoms with Gasteiger partial charge in [-0.1, -0.05) is 17.7 Å². The minimum atomic E-state index is -1.21. The molecule has 0 saturated carbocycles. The molecule has 3 rings (SSSR count). The third-order valence-electron chi connectivity index (χ3n) is 3.18. The Balaban J connectivity index is 2.14. The molecule has 0 aliphatic heterocycles. The quantitative estimate of drug-likeness (QED) is 0.714. The number of rotatable bonds is 3. The number of azo groups is 1. The van der Waals surface area contributed by atoms with Crippen LogP contribution in [-0.2, 0) is 0 Å². The molecule has 2 aromatic heterocycles. The number of aromatic carboxylic acids is 1. The van der Waals surface area contributed by atoms with E-state index in [4.69, 9.17) is 11.6 Å². The van der Waals surface area contributed by atoms with Gasteiger partial charge in [-0.15, -0.1) is 10.2 Å². The van der Waals surface area contributed by atoms with Gasteiger partial charge in [-0.05, 0) is 37.3 Å². The van der Waals surface area contributed by atoms with Gasteiger partial charge in [0.2, 0.25) is 0 Å². The lowest BCUT2D eigenvalue weighted by molar-refractivity contribution is 0.0692. The zero-order valence-corrected chi connectivity index (χ0v) is 12.6. The van der Waals surface area contributed by atoms with Gasteiger partial charge in [0.25, 0.3) is 0 Å². The fourth-order valence-corrected chi connectivity index (χ4v) is 2.30. The molecule has 0 bridgehead atoms. The number of benzene rings is 1. The van der Waals surface area contributed by atoms with Gasteiger partial charge in [0, 0.05) is 5.69 Å². The molecule has 0 radical (unpaired) electrons. The monoisotopic (exact) mass is 332 g/mol. The number of carbonyl (C=O) groups is 1. The summed E-state index contributed by atoms with van der Waals surface area (Å²) in [7, 11) is 0. The Bertz CT molecular complexity index is 952. The summed E-state index contributed by atoms with van der Waals surface area (Å²) < 4.78 is 14.7. The van der Waals surface area contributed by atoms with Crippen molar-refractivity contribution in [1.29, 1.82) is 0 Å². The van der Waals surface area contributed by atoms with Crippen molar-refractivity contribution in [2.75, 3.05) is 0 Å². The molecule has 23 heavy (non-hydrogen) atoms. The Labute approximate surface area is 134 Å². The number of hydrogen-bond donors (Lipinski definition) is 1. The number of imidazole rings is 1. The van der Waals surface area contributed by atoms with E-state index in [2.05, 4.69) is 15.2 Å². The molecule has 3 aromatic rings. The fraction of sp³-hybridized carbons (Fsp3) is 0.0667. The van der Waals surface area contributed by atoms with Gasteiger partial charge in [-0.25, -0.2) is 14.2 Å². The van der Waals surface area contributed by atoms with Crippen molar-refractivity contribution in [3.63, 3.8) is 0 Å². The first-order chi connectivity index (χ1) is 11.0. The number of aromatic nitrogens is 2. The molecule has 0 unspecified atom stereocenters. The van der Waals surface area contributed by atoms with Crippen LogP contribution < -0.4 is 0 Å². The van der Waals surface area contributed by atoms with Crippen LogP contribution in [0.25, 0.3) is 5.65 Å². The Morgan fingerprint density at radius 2 is 2.09 bits per heavy atom. The van der Waals surface area contributed by atoms with Crippen molar-refractivity contribution in [2.45, 2.75) is 6.92 Å². The van der Waals surface area contributed by atoms with Crippen molar-refractivity contribution < 1.29 is 14.3 Å². The topological polar surface area (TPSA) is 79.3 Å². The second-order valence-corrected chi connectivity index (χ2v) is 5.16. The van der Waals surface area contributed by atoms with Gasteiger partial charge in [0.15, 0.2) is 11.5 Å². The molecule has 0 aliphatic carbocycles. The van der Waals surface area contributed by atoms with E-state index < -0.39 is 11.8 Å². The molecule has 0 fully saturated rings. The molecule has 6 nitrogen and oxygen atoms in total. The first-order valence-electron chi connectivity index (χ1n) is 6.55. The van der Waals surface area contributed by atoms with E-state index in [-0.39, 0.29) is 16.5 Å². The lowest BCUT2D eigenvalue weighted by atomic mass is 10.3. The number of aryl methyl sites for hydroxylation is 1. The highest BCUT2D eigenvalue weighted by Crippen LogP contribution is 2.27. The molecule has 0 saturated heterocycles. The second-order valence-electron chi connectivity index (χ2n) is 4.75. The van der Waals surface area contributed by atoms with Crippen LogP contribution in [0.2, 0.25) is 5.02 Å². The number of carboxylic acids is 1. The number of carboxylic acid groups (broad SMARTS) is 1. The number of pyridine rings is 1. The Morgan fingerprint density at radius 1 is 1.30 bits per heavy atom. The van der Waals surface area contributed by atoms with Crippen LogP contribution in [0.15, 0.2) is 46.6 Å². The summed E-state index contributed by atoms with van der Waals surface area (Å²) in [6, 6.07) is 9.10. The van der Waals surface area contributed by atoms with Crippen molar-refractivity contribution in [3.05, 3.63) is 58.6 Å². The second kappa shape index (κ2) is 5.77. The normalized spacial score (nSPS) is 11.4. The SMILES string of the molecule is Cc1cccc2nc(C(=O)O)c(N=Nc3ccc(F)c(Cl)c3)n12. The molecule has 0 spiro atoms. The van der Waals surface area contributed by atoms with Crippen LogP contribution in [-0.4, -0.2) is 20.5 Å². The smallest absolute Gasteiger partial charge is 0.358 e. The van der Waals surface area contributed by atoms with Crippen LogP contribution in [0.3, 0.4) is 0 Å². The van der Waals surface area contributed by atoms with E-state index in [1.54, 1.807) is 29.5 Å². The first-order valence-corrected chi connectivity index (χ1v) is 6.93. The third-order valence-corrected chi connectivity index (χ3v) is 3.47. The third kappa shape index (κ3) is 2.78. The van der Waals surface area contributed by atoms with E-state index in [0.717, 1.165) is 11.8 Å². The maximum Gasteiger partial charge on any atom is 0.358 e. The van der Waals surface area contributed by atoms with Gasteiger partial charge >= 0.3 is 5.97 Å². The molecule has 1 N–H and O–H groups in total. The average Bonchev–Trinajstić information content (AvgIpc) is 2.89. The van der Waals surface area contributed by atoms with Crippen molar-refractivity contribution in [3.8, 4) is 0 Å². The maximum atomic E-state index is 13.1. The van der Waals surface area contributed by atoms with Crippen LogP contribution in [0.5, 0.6) is 0 Å². The lowest BCUT2D eigenvalue weighted by Crippen LogP contribution is -1.97. The Hall–Kier alpha value is -2.80. The summed E-state index contributed by atoms with van der Waals surface area (Å²) in [5, 5.41) is 17.1. The predicted molar refractivity (Wildman–Crippen MR) is 82.5 cm³/mol. The van der Waals surface area contributed by atoms with Gasteiger partial charge in [0.05, 0.1) is 10.7 Å². The molecule has 0 atom stereocenters. The molecule has 8 heteroatoms. The minimum absolute atomic E-state index is 0.0887. The standard InChI is InChI=1S/C15H10ClFN4O2/c1-8-3-2-4-12-18-13(15(22)23)14(21(8)12)20-19-9-5-6-11(17)10(16)7-9/h2-7H,1H3,(H,22,23). The summed E-state index contributed by atoms with van der Waals surface area (Å²) in [6.07, 6.45) is 0. The highest BCUT2D eigenvalue weighted by Gasteiger charge is 2.19. The van der Waals surface area contributed by atoms with Crippen LogP contribution >= 0.6 is 11.6 Å². The molecular weight excluding hydrogens is 323 g/mol. The fourth-order valence-electron chi connectivity index (χ4n) is 2.12. The summed E-state index contributed by atoms with van der Waals surface area (Å²) in [5.74, 6) is -1.69. The predicted octanol–water partition coefficient (Wildman–Crippen LogP) is 4.55. The Kier molecular flexibility index (Phi) is 3.79. The van der Waals surface area contributed by atoms with Crippen LogP contribution in [0.1, 0.15) is 16.2 Å². The van der Waals surface area contributed by atoms with Gasteiger partial charge in [0.1, 0.15) is 11.5 Å². The molecule has 116 valence electrons. The summed E-state index contributed by atoms with van der Waals surface area (Å²) in [4.78, 5) is 15.4. The van der Waals surface area contributed by atoms with Crippen molar-refractivity contribution in [1.82, 2.24) is 9.38 Å². The lowest BCUT2D eigenvalue weighted by Gasteiger charge is -2.01. The summed E-state index contributed by atoms with van der Waals surface area (Å²) in [5.41, 5.74) is 1.30. The van der Waals surface area contributed by atoms with E-state index in [0.29, 0.717) is 11.3 Å². The zero-order valence-electron chi connectivity index (χ0n) is 11.9. The number of halogens is 2. The summed E-state index contributed by atoms with van der Waals surface area (Å²) in [6.45, 7) is 1.80. The number of hydrogen-bond acceptors (Lipinski definition) is 4. The maximum absolute atomic E-state index is 13.1. The van der Waals surface area contributed by atoms with Crippen molar-refractivity contribution >= 4 is 34.7 Å². The van der Waals surface area contributed by atoms with Crippen LogP contribution in [0.4, 0.5) is 15.9 Å². The van der Waals surface area contributed by atoms with Gasteiger partial charge < -0.3 is 5.11 Å². The Morgan fingerprint density at radius 3 is 2.78 bits per heavy atom. The molecule has 0 amide bonds. The highest BCUT2D eigenvalue weighted by atomic mass is 35.5. The van der Waals surface area contributed by atoms with E-state index in [1.807, 2.05) is 0 Å². The molecular formula is C15H10ClFN4O2. The zero-order chi connectivity index (χ0) is 16.6.